The van der Waals surface area contributed by atoms with Gasteiger partial charge >= 0.3 is 0 Å². The van der Waals surface area contributed by atoms with Crippen molar-refractivity contribution in [1.29, 1.82) is 0 Å². The molecular weight excluding hydrogens is 196 g/mol. The van der Waals surface area contributed by atoms with Crippen LogP contribution >= 0.6 is 0 Å². The standard InChI is InChI=1S/C11H16O4/c1-8(12)11(15-4)7-5-6-9(13-2)10(11)14-3/h5-7,10H,1-4H3. The number of ketones is 1. The first-order chi connectivity index (χ1) is 7.12. The number of allylic oxidation sites excluding steroid dienone is 2. The van der Waals surface area contributed by atoms with Crippen LogP contribution in [0.25, 0.3) is 0 Å². The van der Waals surface area contributed by atoms with Crippen molar-refractivity contribution in [2.75, 3.05) is 21.3 Å². The zero-order valence-corrected chi connectivity index (χ0v) is 9.44. The van der Waals surface area contributed by atoms with Crippen molar-refractivity contribution in [1.82, 2.24) is 0 Å². The highest BCUT2D eigenvalue weighted by molar-refractivity contribution is 5.89. The lowest BCUT2D eigenvalue weighted by atomic mass is 9.87. The summed E-state index contributed by atoms with van der Waals surface area (Å²) >= 11 is 0. The van der Waals surface area contributed by atoms with Crippen molar-refractivity contribution in [3.63, 3.8) is 0 Å². The number of carbonyl (C=O) groups is 1. The fourth-order valence-corrected chi connectivity index (χ4v) is 1.76. The van der Waals surface area contributed by atoms with Crippen LogP contribution in [0.15, 0.2) is 24.0 Å². The zero-order chi connectivity index (χ0) is 11.5. The number of methoxy groups -OCH3 is 3. The molecule has 0 radical (unpaired) electrons. The van der Waals surface area contributed by atoms with Gasteiger partial charge < -0.3 is 14.2 Å². The van der Waals surface area contributed by atoms with E-state index in [4.69, 9.17) is 14.2 Å². The Morgan fingerprint density at radius 2 is 2.07 bits per heavy atom. The van der Waals surface area contributed by atoms with E-state index in [1.807, 2.05) is 0 Å². The lowest BCUT2D eigenvalue weighted by Gasteiger charge is -2.36. The molecule has 0 N–H and O–H groups in total. The van der Waals surface area contributed by atoms with Gasteiger partial charge in [0.2, 0.25) is 0 Å². The van der Waals surface area contributed by atoms with Crippen LogP contribution in [0.3, 0.4) is 0 Å². The number of hydrogen-bond acceptors (Lipinski definition) is 4. The Morgan fingerprint density at radius 3 is 2.47 bits per heavy atom. The second-order valence-electron chi connectivity index (χ2n) is 3.30. The summed E-state index contributed by atoms with van der Waals surface area (Å²) in [4.78, 5) is 11.6. The summed E-state index contributed by atoms with van der Waals surface area (Å²) in [5.41, 5.74) is -1.07. The van der Waals surface area contributed by atoms with E-state index in [2.05, 4.69) is 0 Å². The molecule has 0 saturated carbocycles. The largest absolute Gasteiger partial charge is 0.498 e. The molecular formula is C11H16O4. The third-order valence-corrected chi connectivity index (χ3v) is 2.61. The van der Waals surface area contributed by atoms with Crippen LogP contribution in [0.4, 0.5) is 0 Å². The highest BCUT2D eigenvalue weighted by atomic mass is 16.6. The minimum absolute atomic E-state index is 0.115. The van der Waals surface area contributed by atoms with E-state index in [0.29, 0.717) is 5.76 Å². The Bertz CT molecular complexity index is 306. The van der Waals surface area contributed by atoms with Gasteiger partial charge in [0.1, 0.15) is 5.76 Å². The third kappa shape index (κ3) is 1.82. The number of hydrogen-bond donors (Lipinski definition) is 0. The summed E-state index contributed by atoms with van der Waals surface area (Å²) in [5, 5.41) is 0. The Hall–Kier alpha value is -1.13. The maximum Gasteiger partial charge on any atom is 0.177 e. The number of rotatable bonds is 4. The third-order valence-electron chi connectivity index (χ3n) is 2.61. The van der Waals surface area contributed by atoms with Gasteiger partial charge in [-0.05, 0) is 19.1 Å². The van der Waals surface area contributed by atoms with Crippen molar-refractivity contribution in [3.05, 3.63) is 24.0 Å². The van der Waals surface area contributed by atoms with Gasteiger partial charge in [-0.3, -0.25) is 4.79 Å². The maximum atomic E-state index is 11.6. The molecule has 1 aliphatic carbocycles. The Balaban J connectivity index is 3.14. The van der Waals surface area contributed by atoms with E-state index in [9.17, 15) is 4.79 Å². The van der Waals surface area contributed by atoms with Gasteiger partial charge in [-0.1, -0.05) is 6.08 Å². The summed E-state index contributed by atoms with van der Waals surface area (Å²) in [6, 6.07) is 0. The number of Topliss-reactive ketones (excluding diaryl/α,β-unsaturated/α-hetero) is 1. The van der Waals surface area contributed by atoms with Crippen LogP contribution in [0, 0.1) is 0 Å². The molecule has 4 heteroatoms. The smallest absolute Gasteiger partial charge is 0.177 e. The van der Waals surface area contributed by atoms with Gasteiger partial charge in [0.15, 0.2) is 17.5 Å². The van der Waals surface area contributed by atoms with Crippen LogP contribution in [-0.2, 0) is 19.0 Å². The molecule has 0 saturated heterocycles. The zero-order valence-electron chi connectivity index (χ0n) is 9.44. The first-order valence-corrected chi connectivity index (χ1v) is 4.64. The van der Waals surface area contributed by atoms with E-state index >= 15 is 0 Å². The molecule has 0 aromatic heterocycles. The lowest BCUT2D eigenvalue weighted by Crippen LogP contribution is -2.51. The molecule has 0 aromatic rings. The average molecular weight is 212 g/mol. The second kappa shape index (κ2) is 4.59. The summed E-state index contributed by atoms with van der Waals surface area (Å²) in [6.07, 6.45) is 4.65. The lowest BCUT2D eigenvalue weighted by molar-refractivity contribution is -0.148. The molecule has 2 atom stereocenters. The molecule has 0 spiro atoms. The molecule has 15 heavy (non-hydrogen) atoms. The highest BCUT2D eigenvalue weighted by Gasteiger charge is 2.46. The van der Waals surface area contributed by atoms with E-state index in [1.54, 1.807) is 18.2 Å². The quantitative estimate of drug-likeness (QED) is 0.699. The minimum atomic E-state index is -1.07. The first kappa shape index (κ1) is 11.9. The molecule has 0 amide bonds. The predicted molar refractivity (Wildman–Crippen MR) is 55.5 cm³/mol. The van der Waals surface area contributed by atoms with Gasteiger partial charge in [-0.25, -0.2) is 0 Å². The molecule has 1 aliphatic rings. The normalized spacial score (nSPS) is 29.9. The van der Waals surface area contributed by atoms with Gasteiger partial charge in [0, 0.05) is 14.2 Å². The van der Waals surface area contributed by atoms with E-state index in [1.165, 1.54) is 28.3 Å². The molecule has 0 aromatic carbocycles. The molecule has 4 nitrogen and oxygen atoms in total. The Kier molecular flexibility index (Phi) is 3.66. The number of ether oxygens (including phenoxy) is 3. The molecule has 0 heterocycles. The number of carbonyl (C=O) groups excluding carboxylic acids is 1. The molecule has 0 bridgehead atoms. The predicted octanol–water partition coefficient (Wildman–Crippen LogP) is 1.08. The van der Waals surface area contributed by atoms with Crippen LogP contribution in [0.2, 0.25) is 0 Å². The molecule has 1 rings (SSSR count). The summed E-state index contributed by atoms with van der Waals surface area (Å²) in [7, 11) is 4.54. The van der Waals surface area contributed by atoms with Crippen molar-refractivity contribution in [3.8, 4) is 0 Å². The van der Waals surface area contributed by atoms with Crippen molar-refractivity contribution in [2.24, 2.45) is 0 Å². The fourth-order valence-electron chi connectivity index (χ4n) is 1.76. The van der Waals surface area contributed by atoms with Crippen molar-refractivity contribution in [2.45, 2.75) is 18.6 Å². The van der Waals surface area contributed by atoms with Crippen molar-refractivity contribution >= 4 is 5.78 Å². The SMILES string of the molecule is COC1=CC=CC(OC)(C(C)=O)C1OC. The second-order valence-corrected chi connectivity index (χ2v) is 3.30. The highest BCUT2D eigenvalue weighted by Crippen LogP contribution is 2.30. The summed E-state index contributed by atoms with van der Waals surface area (Å²) < 4.78 is 15.7. The fraction of sp³-hybridized carbons (Fsp3) is 0.545. The summed E-state index contributed by atoms with van der Waals surface area (Å²) in [5.74, 6) is 0.466. The van der Waals surface area contributed by atoms with Crippen LogP contribution in [0.5, 0.6) is 0 Å². The van der Waals surface area contributed by atoms with Gasteiger partial charge in [0.25, 0.3) is 0 Å². The maximum absolute atomic E-state index is 11.6. The van der Waals surface area contributed by atoms with Gasteiger partial charge in [-0.15, -0.1) is 0 Å². The van der Waals surface area contributed by atoms with Crippen LogP contribution in [-0.4, -0.2) is 38.8 Å². The van der Waals surface area contributed by atoms with Gasteiger partial charge in [-0.2, -0.15) is 0 Å². The Labute approximate surface area is 89.5 Å². The molecule has 2 unspecified atom stereocenters. The van der Waals surface area contributed by atoms with E-state index in [-0.39, 0.29) is 5.78 Å². The monoisotopic (exact) mass is 212 g/mol. The van der Waals surface area contributed by atoms with Crippen molar-refractivity contribution < 1.29 is 19.0 Å². The van der Waals surface area contributed by atoms with Crippen LogP contribution < -0.4 is 0 Å². The molecule has 0 fully saturated rings. The topological polar surface area (TPSA) is 44.8 Å². The van der Waals surface area contributed by atoms with Crippen LogP contribution in [0.1, 0.15) is 6.92 Å². The van der Waals surface area contributed by atoms with E-state index in [0.717, 1.165) is 0 Å². The average Bonchev–Trinajstić information content (AvgIpc) is 2.27. The van der Waals surface area contributed by atoms with E-state index < -0.39 is 11.7 Å². The summed E-state index contributed by atoms with van der Waals surface area (Å²) in [6.45, 7) is 1.47. The molecule has 0 aliphatic heterocycles. The Morgan fingerprint density at radius 1 is 1.40 bits per heavy atom. The first-order valence-electron chi connectivity index (χ1n) is 4.64. The minimum Gasteiger partial charge on any atom is -0.498 e. The molecule has 84 valence electrons. The van der Waals surface area contributed by atoms with Gasteiger partial charge in [0.05, 0.1) is 7.11 Å².